The number of carbonyl (C=O) groups is 1. The van der Waals surface area contributed by atoms with Crippen molar-refractivity contribution in [2.24, 2.45) is 0 Å². The van der Waals surface area contributed by atoms with Crippen molar-refractivity contribution in [1.29, 1.82) is 0 Å². The summed E-state index contributed by atoms with van der Waals surface area (Å²) in [5.74, 6) is 0.0684. The molecule has 0 atom stereocenters. The van der Waals surface area contributed by atoms with Crippen LogP contribution in [0.2, 0.25) is 0 Å². The van der Waals surface area contributed by atoms with Gasteiger partial charge in [0.15, 0.2) is 0 Å². The molecule has 0 aromatic heterocycles. The van der Waals surface area contributed by atoms with E-state index in [0.717, 1.165) is 38.9 Å². The summed E-state index contributed by atoms with van der Waals surface area (Å²) >= 11 is 0. The van der Waals surface area contributed by atoms with E-state index in [1.54, 1.807) is 24.3 Å². The molecule has 0 radical (unpaired) electrons. The Balaban J connectivity index is 2.31. The number of para-hydroxylation sites is 2. The molecule has 1 amide bonds. The molecule has 1 aromatic rings. The van der Waals surface area contributed by atoms with E-state index in [-0.39, 0.29) is 11.7 Å². The van der Waals surface area contributed by atoms with E-state index < -0.39 is 0 Å². The SMILES string of the molecule is CCCN(CCC)CCCC(=O)Nc1ccccc1O. The summed E-state index contributed by atoms with van der Waals surface area (Å²) in [6, 6.07) is 6.80. The monoisotopic (exact) mass is 278 g/mol. The van der Waals surface area contributed by atoms with Crippen molar-refractivity contribution < 1.29 is 9.90 Å². The van der Waals surface area contributed by atoms with E-state index in [0.29, 0.717) is 12.1 Å². The third-order valence-electron chi connectivity index (χ3n) is 3.14. The minimum Gasteiger partial charge on any atom is -0.506 e. The maximum Gasteiger partial charge on any atom is 0.224 e. The van der Waals surface area contributed by atoms with Crippen LogP contribution in [0.5, 0.6) is 5.75 Å². The van der Waals surface area contributed by atoms with Gasteiger partial charge < -0.3 is 15.3 Å². The zero-order valence-electron chi connectivity index (χ0n) is 12.6. The second-order valence-corrected chi connectivity index (χ2v) is 5.01. The molecule has 112 valence electrons. The summed E-state index contributed by atoms with van der Waals surface area (Å²) in [4.78, 5) is 14.2. The van der Waals surface area contributed by atoms with Crippen LogP contribution in [-0.2, 0) is 4.79 Å². The highest BCUT2D eigenvalue weighted by Gasteiger charge is 2.07. The second-order valence-electron chi connectivity index (χ2n) is 5.01. The summed E-state index contributed by atoms with van der Waals surface area (Å²) in [6.07, 6.45) is 3.62. The summed E-state index contributed by atoms with van der Waals surface area (Å²) in [5.41, 5.74) is 0.483. The highest BCUT2D eigenvalue weighted by Crippen LogP contribution is 2.21. The number of nitrogens with one attached hydrogen (secondary N) is 1. The second kappa shape index (κ2) is 9.37. The quantitative estimate of drug-likeness (QED) is 0.682. The molecule has 1 rings (SSSR count). The Bertz CT molecular complexity index is 401. The van der Waals surface area contributed by atoms with Crippen molar-refractivity contribution in [1.82, 2.24) is 4.90 Å². The van der Waals surface area contributed by atoms with E-state index in [9.17, 15) is 9.90 Å². The molecule has 20 heavy (non-hydrogen) atoms. The van der Waals surface area contributed by atoms with E-state index in [2.05, 4.69) is 24.1 Å². The molecular weight excluding hydrogens is 252 g/mol. The summed E-state index contributed by atoms with van der Waals surface area (Å²) in [7, 11) is 0. The fourth-order valence-corrected chi connectivity index (χ4v) is 2.22. The average Bonchev–Trinajstić information content (AvgIpc) is 2.42. The molecule has 0 aliphatic heterocycles. The minimum atomic E-state index is -0.0422. The smallest absolute Gasteiger partial charge is 0.224 e. The number of phenols is 1. The topological polar surface area (TPSA) is 52.6 Å². The first-order chi connectivity index (χ1) is 9.67. The number of benzene rings is 1. The standard InChI is InChI=1S/C16H26N2O2/c1-3-11-18(12-4-2)13-7-10-16(20)17-14-8-5-6-9-15(14)19/h5-6,8-9,19H,3-4,7,10-13H2,1-2H3,(H,17,20). The Morgan fingerprint density at radius 3 is 2.40 bits per heavy atom. The van der Waals surface area contributed by atoms with Crippen molar-refractivity contribution in [2.45, 2.75) is 39.5 Å². The Hall–Kier alpha value is -1.55. The van der Waals surface area contributed by atoms with Crippen LogP contribution in [0.25, 0.3) is 0 Å². The number of hydrogen-bond acceptors (Lipinski definition) is 3. The average molecular weight is 278 g/mol. The van der Waals surface area contributed by atoms with Gasteiger partial charge in [-0.1, -0.05) is 26.0 Å². The van der Waals surface area contributed by atoms with E-state index in [1.807, 2.05) is 0 Å². The van der Waals surface area contributed by atoms with E-state index >= 15 is 0 Å². The molecule has 0 unspecified atom stereocenters. The van der Waals surface area contributed by atoms with Crippen LogP contribution in [0.1, 0.15) is 39.5 Å². The zero-order chi connectivity index (χ0) is 14.8. The zero-order valence-corrected chi connectivity index (χ0v) is 12.6. The van der Waals surface area contributed by atoms with Gasteiger partial charge in [-0.2, -0.15) is 0 Å². The van der Waals surface area contributed by atoms with Gasteiger partial charge >= 0.3 is 0 Å². The van der Waals surface area contributed by atoms with Crippen LogP contribution in [-0.4, -0.2) is 35.5 Å². The number of anilines is 1. The van der Waals surface area contributed by atoms with Gasteiger partial charge in [-0.25, -0.2) is 0 Å². The minimum absolute atomic E-state index is 0.0422. The van der Waals surface area contributed by atoms with Crippen LogP contribution < -0.4 is 5.32 Å². The maximum absolute atomic E-state index is 11.8. The van der Waals surface area contributed by atoms with Crippen LogP contribution in [0.4, 0.5) is 5.69 Å². The maximum atomic E-state index is 11.8. The van der Waals surface area contributed by atoms with Crippen LogP contribution in [0, 0.1) is 0 Å². The number of carbonyl (C=O) groups excluding carboxylic acids is 1. The lowest BCUT2D eigenvalue weighted by atomic mass is 10.2. The van der Waals surface area contributed by atoms with Gasteiger partial charge in [0.25, 0.3) is 0 Å². The summed E-state index contributed by atoms with van der Waals surface area (Å²) in [5, 5.41) is 12.3. The number of nitrogens with zero attached hydrogens (tertiary/aromatic N) is 1. The number of amides is 1. The highest BCUT2D eigenvalue weighted by molar-refractivity contribution is 5.92. The van der Waals surface area contributed by atoms with Gasteiger partial charge in [0.2, 0.25) is 5.91 Å². The third kappa shape index (κ3) is 6.06. The van der Waals surface area contributed by atoms with Crippen LogP contribution in [0.15, 0.2) is 24.3 Å². The molecule has 0 heterocycles. The molecule has 0 saturated heterocycles. The van der Waals surface area contributed by atoms with Crippen molar-refractivity contribution in [3.63, 3.8) is 0 Å². The number of rotatable bonds is 9. The van der Waals surface area contributed by atoms with E-state index in [4.69, 9.17) is 0 Å². The van der Waals surface area contributed by atoms with Gasteiger partial charge in [0, 0.05) is 6.42 Å². The van der Waals surface area contributed by atoms with Gasteiger partial charge in [0.1, 0.15) is 5.75 Å². The largest absolute Gasteiger partial charge is 0.506 e. The van der Waals surface area contributed by atoms with Crippen LogP contribution >= 0.6 is 0 Å². The number of aromatic hydroxyl groups is 1. The first kappa shape index (κ1) is 16.5. The van der Waals surface area contributed by atoms with E-state index in [1.165, 1.54) is 0 Å². The molecule has 1 aromatic carbocycles. The van der Waals surface area contributed by atoms with Gasteiger partial charge in [-0.15, -0.1) is 0 Å². The lowest BCUT2D eigenvalue weighted by molar-refractivity contribution is -0.116. The molecule has 0 saturated carbocycles. The highest BCUT2D eigenvalue weighted by atomic mass is 16.3. The van der Waals surface area contributed by atoms with Gasteiger partial charge in [0.05, 0.1) is 5.69 Å². The lowest BCUT2D eigenvalue weighted by Gasteiger charge is -2.20. The number of hydrogen-bond donors (Lipinski definition) is 2. The fraction of sp³-hybridized carbons (Fsp3) is 0.562. The Kier molecular flexibility index (Phi) is 7.73. The van der Waals surface area contributed by atoms with Gasteiger partial charge in [-0.05, 0) is 51.0 Å². The Morgan fingerprint density at radius 1 is 1.15 bits per heavy atom. The third-order valence-corrected chi connectivity index (χ3v) is 3.14. The molecule has 0 spiro atoms. The fourth-order valence-electron chi connectivity index (χ4n) is 2.22. The number of phenolic OH excluding ortho intramolecular Hbond substituents is 1. The van der Waals surface area contributed by atoms with Crippen molar-refractivity contribution in [3.8, 4) is 5.75 Å². The van der Waals surface area contributed by atoms with Crippen LogP contribution in [0.3, 0.4) is 0 Å². The predicted molar refractivity (Wildman–Crippen MR) is 83.0 cm³/mol. The molecule has 4 nitrogen and oxygen atoms in total. The normalized spacial score (nSPS) is 10.8. The molecule has 0 bridgehead atoms. The van der Waals surface area contributed by atoms with Crippen molar-refractivity contribution >= 4 is 11.6 Å². The lowest BCUT2D eigenvalue weighted by Crippen LogP contribution is -2.27. The Morgan fingerprint density at radius 2 is 1.80 bits per heavy atom. The Labute approximate surface area is 121 Å². The molecule has 0 aliphatic carbocycles. The first-order valence-corrected chi connectivity index (χ1v) is 7.47. The first-order valence-electron chi connectivity index (χ1n) is 7.47. The van der Waals surface area contributed by atoms with Crippen molar-refractivity contribution in [2.75, 3.05) is 25.0 Å². The van der Waals surface area contributed by atoms with Gasteiger partial charge in [-0.3, -0.25) is 4.79 Å². The molecular formula is C16H26N2O2. The van der Waals surface area contributed by atoms with Crippen molar-refractivity contribution in [3.05, 3.63) is 24.3 Å². The summed E-state index contributed by atoms with van der Waals surface area (Å²) < 4.78 is 0. The molecule has 0 fully saturated rings. The molecule has 2 N–H and O–H groups in total. The molecule has 0 aliphatic rings. The molecule has 4 heteroatoms. The predicted octanol–water partition coefficient (Wildman–Crippen LogP) is 3.23. The summed E-state index contributed by atoms with van der Waals surface area (Å²) in [6.45, 7) is 7.49.